The summed E-state index contributed by atoms with van der Waals surface area (Å²) in [6.07, 6.45) is 3.30. The Hall–Kier alpha value is -2.36. The first-order valence-electron chi connectivity index (χ1n) is 7.36. The monoisotopic (exact) mass is 297 g/mol. The number of anilines is 2. The normalized spacial score (nSPS) is 11.1. The third-order valence-corrected chi connectivity index (χ3v) is 3.00. The number of hydrogen-bond acceptors (Lipinski definition) is 3. The lowest BCUT2D eigenvalue weighted by atomic mass is 10.1. The van der Waals surface area contributed by atoms with E-state index in [1.54, 1.807) is 12.4 Å². The first kappa shape index (κ1) is 16.0. The zero-order chi connectivity index (χ0) is 16.3. The molecule has 0 aliphatic rings. The van der Waals surface area contributed by atoms with E-state index in [0.29, 0.717) is 5.56 Å². The van der Waals surface area contributed by atoms with Gasteiger partial charge in [-0.2, -0.15) is 0 Å². The molecule has 116 valence electrons. The topological polar surface area (TPSA) is 54.0 Å². The van der Waals surface area contributed by atoms with Gasteiger partial charge >= 0.3 is 0 Å². The summed E-state index contributed by atoms with van der Waals surface area (Å²) in [4.78, 5) is 16.5. The lowest BCUT2D eigenvalue weighted by molar-refractivity contribution is 0.102. The molecule has 0 radical (unpaired) electrons. The Balaban J connectivity index is 2.17. The predicted octanol–water partition coefficient (Wildman–Crippen LogP) is 4.16. The van der Waals surface area contributed by atoms with Crippen LogP contribution >= 0.6 is 0 Å². The third kappa shape index (κ3) is 4.58. The van der Waals surface area contributed by atoms with Crippen molar-refractivity contribution in [3.63, 3.8) is 0 Å². The molecule has 2 aromatic rings. The number of carbonyl (C=O) groups is 1. The van der Waals surface area contributed by atoms with Gasteiger partial charge in [0.1, 0.15) is 0 Å². The highest BCUT2D eigenvalue weighted by Crippen LogP contribution is 2.17. The average Bonchev–Trinajstić information content (AvgIpc) is 2.35. The summed E-state index contributed by atoms with van der Waals surface area (Å²) in [7, 11) is 0. The van der Waals surface area contributed by atoms with E-state index in [1.165, 1.54) is 0 Å². The van der Waals surface area contributed by atoms with Crippen LogP contribution in [0.3, 0.4) is 0 Å². The Bertz CT molecular complexity index is 667. The number of pyridine rings is 1. The number of aryl methyl sites for hydroxylation is 2. The van der Waals surface area contributed by atoms with Crippen LogP contribution in [0, 0.1) is 13.8 Å². The molecule has 0 aliphatic carbocycles. The fourth-order valence-electron chi connectivity index (χ4n) is 2.32. The Morgan fingerprint density at radius 2 is 1.59 bits per heavy atom. The van der Waals surface area contributed by atoms with E-state index in [9.17, 15) is 4.79 Å². The molecule has 1 aromatic carbocycles. The molecule has 0 spiro atoms. The van der Waals surface area contributed by atoms with Gasteiger partial charge < -0.3 is 10.6 Å². The minimum Gasteiger partial charge on any atom is -0.379 e. The second-order valence-corrected chi connectivity index (χ2v) is 6.67. The number of benzene rings is 1. The fraction of sp³-hybridized carbons (Fsp3) is 0.333. The SMILES string of the molecule is Cc1cc(C)cc(NC(=O)c2cncc(NC(C)(C)C)c2)c1. The first-order valence-corrected chi connectivity index (χ1v) is 7.36. The van der Waals surface area contributed by atoms with Gasteiger partial charge in [0.25, 0.3) is 5.91 Å². The molecule has 0 fully saturated rings. The molecule has 0 saturated carbocycles. The Labute approximate surface area is 132 Å². The van der Waals surface area contributed by atoms with E-state index in [0.717, 1.165) is 22.5 Å². The first-order chi connectivity index (χ1) is 10.2. The molecule has 4 heteroatoms. The van der Waals surface area contributed by atoms with Crippen LogP contribution in [0.4, 0.5) is 11.4 Å². The van der Waals surface area contributed by atoms with Crippen molar-refractivity contribution in [1.82, 2.24) is 4.98 Å². The van der Waals surface area contributed by atoms with E-state index in [4.69, 9.17) is 0 Å². The van der Waals surface area contributed by atoms with Gasteiger partial charge in [-0.25, -0.2) is 0 Å². The molecule has 2 N–H and O–H groups in total. The summed E-state index contributed by atoms with van der Waals surface area (Å²) in [6.45, 7) is 10.2. The number of hydrogen-bond donors (Lipinski definition) is 2. The number of carbonyl (C=O) groups excluding carboxylic acids is 1. The van der Waals surface area contributed by atoms with Gasteiger partial charge in [0.05, 0.1) is 11.3 Å². The molecule has 0 aliphatic heterocycles. The molecular weight excluding hydrogens is 274 g/mol. The zero-order valence-corrected chi connectivity index (χ0v) is 13.8. The van der Waals surface area contributed by atoms with Crippen molar-refractivity contribution in [3.05, 3.63) is 53.3 Å². The molecule has 1 aromatic heterocycles. The zero-order valence-electron chi connectivity index (χ0n) is 13.8. The standard InChI is InChI=1S/C18H23N3O/c1-12-6-13(2)8-15(7-12)20-17(22)14-9-16(11-19-10-14)21-18(3,4)5/h6-11,21H,1-5H3,(H,20,22). The van der Waals surface area contributed by atoms with E-state index in [1.807, 2.05) is 32.0 Å². The van der Waals surface area contributed by atoms with Gasteiger partial charge in [0, 0.05) is 23.6 Å². The number of nitrogens with one attached hydrogen (secondary N) is 2. The molecule has 2 rings (SSSR count). The van der Waals surface area contributed by atoms with Crippen LogP contribution in [0.1, 0.15) is 42.3 Å². The molecule has 1 heterocycles. The van der Waals surface area contributed by atoms with Crippen molar-refractivity contribution in [1.29, 1.82) is 0 Å². The van der Waals surface area contributed by atoms with Crippen molar-refractivity contribution >= 4 is 17.3 Å². The van der Waals surface area contributed by atoms with Crippen LogP contribution in [0.2, 0.25) is 0 Å². The molecule has 22 heavy (non-hydrogen) atoms. The van der Waals surface area contributed by atoms with Crippen LogP contribution in [-0.4, -0.2) is 16.4 Å². The van der Waals surface area contributed by atoms with Crippen LogP contribution in [0.15, 0.2) is 36.7 Å². The number of rotatable bonds is 3. The minimum absolute atomic E-state index is 0.0789. The highest BCUT2D eigenvalue weighted by molar-refractivity contribution is 6.04. The maximum atomic E-state index is 12.4. The summed E-state index contributed by atoms with van der Waals surface area (Å²) >= 11 is 0. The lowest BCUT2D eigenvalue weighted by Crippen LogP contribution is -2.26. The van der Waals surface area contributed by atoms with Crippen molar-refractivity contribution in [2.45, 2.75) is 40.2 Å². The number of nitrogens with zero attached hydrogens (tertiary/aromatic N) is 1. The maximum absolute atomic E-state index is 12.4. The summed E-state index contributed by atoms with van der Waals surface area (Å²) in [6, 6.07) is 7.80. The number of aromatic nitrogens is 1. The lowest BCUT2D eigenvalue weighted by Gasteiger charge is -2.22. The minimum atomic E-state index is -0.157. The van der Waals surface area contributed by atoms with Crippen molar-refractivity contribution in [2.75, 3.05) is 10.6 Å². The van der Waals surface area contributed by atoms with Gasteiger partial charge in [-0.1, -0.05) is 6.07 Å². The highest BCUT2D eigenvalue weighted by atomic mass is 16.1. The molecule has 0 saturated heterocycles. The smallest absolute Gasteiger partial charge is 0.257 e. The Morgan fingerprint density at radius 3 is 2.18 bits per heavy atom. The average molecular weight is 297 g/mol. The Morgan fingerprint density at radius 1 is 0.955 bits per heavy atom. The van der Waals surface area contributed by atoms with Gasteiger partial charge in [-0.15, -0.1) is 0 Å². The van der Waals surface area contributed by atoms with Crippen LogP contribution in [0.5, 0.6) is 0 Å². The third-order valence-electron chi connectivity index (χ3n) is 3.00. The molecule has 1 amide bonds. The predicted molar refractivity (Wildman–Crippen MR) is 91.5 cm³/mol. The fourth-order valence-corrected chi connectivity index (χ4v) is 2.32. The van der Waals surface area contributed by atoms with E-state index >= 15 is 0 Å². The molecule has 4 nitrogen and oxygen atoms in total. The van der Waals surface area contributed by atoms with Gasteiger partial charge in [-0.3, -0.25) is 9.78 Å². The maximum Gasteiger partial charge on any atom is 0.257 e. The van der Waals surface area contributed by atoms with Crippen LogP contribution in [-0.2, 0) is 0 Å². The quantitative estimate of drug-likeness (QED) is 0.894. The van der Waals surface area contributed by atoms with Crippen molar-refractivity contribution < 1.29 is 4.79 Å². The highest BCUT2D eigenvalue weighted by Gasteiger charge is 2.12. The van der Waals surface area contributed by atoms with E-state index in [-0.39, 0.29) is 11.4 Å². The van der Waals surface area contributed by atoms with Crippen LogP contribution < -0.4 is 10.6 Å². The second kappa shape index (κ2) is 6.18. The van der Waals surface area contributed by atoms with Gasteiger partial charge in [0.2, 0.25) is 0 Å². The second-order valence-electron chi connectivity index (χ2n) is 6.67. The van der Waals surface area contributed by atoms with Gasteiger partial charge in [0.15, 0.2) is 0 Å². The molecular formula is C18H23N3O. The van der Waals surface area contributed by atoms with E-state index in [2.05, 4.69) is 42.5 Å². The van der Waals surface area contributed by atoms with E-state index < -0.39 is 0 Å². The molecule has 0 bridgehead atoms. The largest absolute Gasteiger partial charge is 0.379 e. The molecule has 0 atom stereocenters. The summed E-state index contributed by atoms with van der Waals surface area (Å²) < 4.78 is 0. The summed E-state index contributed by atoms with van der Waals surface area (Å²) in [5.41, 5.74) is 4.34. The molecule has 0 unspecified atom stereocenters. The van der Waals surface area contributed by atoms with Gasteiger partial charge in [-0.05, 0) is 63.9 Å². The number of amides is 1. The van der Waals surface area contributed by atoms with Crippen LogP contribution in [0.25, 0.3) is 0 Å². The van der Waals surface area contributed by atoms with Crippen molar-refractivity contribution in [2.24, 2.45) is 0 Å². The summed E-state index contributed by atoms with van der Waals surface area (Å²) in [5, 5.41) is 6.24. The summed E-state index contributed by atoms with van der Waals surface area (Å²) in [5.74, 6) is -0.157. The Kier molecular flexibility index (Phi) is 4.50. The van der Waals surface area contributed by atoms with Crippen molar-refractivity contribution in [3.8, 4) is 0 Å².